The van der Waals surface area contributed by atoms with Gasteiger partial charge in [0.25, 0.3) is 0 Å². The van der Waals surface area contributed by atoms with Crippen LogP contribution in [0, 0.1) is 0 Å². The van der Waals surface area contributed by atoms with Gasteiger partial charge in [-0.2, -0.15) is 0 Å². The summed E-state index contributed by atoms with van der Waals surface area (Å²) in [7, 11) is 0. The molecule has 2 atom stereocenters. The van der Waals surface area contributed by atoms with Crippen LogP contribution < -0.4 is 11.1 Å². The van der Waals surface area contributed by atoms with Crippen LogP contribution in [-0.4, -0.2) is 40.8 Å². The third kappa shape index (κ3) is 5.40. The van der Waals surface area contributed by atoms with Gasteiger partial charge in [-0.25, -0.2) is 4.79 Å². The molecule has 0 aliphatic carbocycles. The zero-order valence-corrected chi connectivity index (χ0v) is 7.87. The molecule has 0 radical (unpaired) electrons. The van der Waals surface area contributed by atoms with Crippen LogP contribution in [0.5, 0.6) is 0 Å². The lowest BCUT2D eigenvalue weighted by molar-refractivity contribution is -0.143. The molecule has 5 N–H and O–H groups in total. The number of aliphatic hydroxyl groups excluding tert-OH is 1. The molecule has 0 saturated carbocycles. The van der Waals surface area contributed by atoms with Gasteiger partial charge in [0.2, 0.25) is 5.91 Å². The highest BCUT2D eigenvalue weighted by molar-refractivity contribution is 5.86. The summed E-state index contributed by atoms with van der Waals surface area (Å²) in [5.41, 5.74) is 5.15. The van der Waals surface area contributed by atoms with Gasteiger partial charge in [0.15, 0.2) is 0 Å². The van der Waals surface area contributed by atoms with E-state index < -0.39 is 30.6 Å². The van der Waals surface area contributed by atoms with Crippen LogP contribution in [0.4, 0.5) is 0 Å². The van der Waals surface area contributed by atoms with E-state index in [1.54, 1.807) is 0 Å². The average Bonchev–Trinajstić information content (AvgIpc) is 1.98. The van der Waals surface area contributed by atoms with Crippen LogP contribution in [0.15, 0.2) is 0 Å². The molecule has 0 aliphatic heterocycles. The van der Waals surface area contributed by atoms with Crippen LogP contribution in [-0.2, 0) is 9.59 Å². The van der Waals surface area contributed by atoms with E-state index in [9.17, 15) is 9.59 Å². The van der Waals surface area contributed by atoms with Crippen LogP contribution in [0.25, 0.3) is 0 Å². The molecular weight excluding hydrogens is 200 g/mol. The van der Waals surface area contributed by atoms with Crippen molar-refractivity contribution in [1.82, 2.24) is 5.32 Å². The molecule has 0 rings (SSSR count). The van der Waals surface area contributed by atoms with Gasteiger partial charge in [-0.05, 0) is 6.92 Å². The number of aliphatic hydroxyl groups is 1. The molecule has 0 bridgehead atoms. The summed E-state index contributed by atoms with van der Waals surface area (Å²) in [4.78, 5) is 21.1. The molecule has 0 heterocycles. The highest BCUT2D eigenvalue weighted by Gasteiger charge is 2.19. The van der Waals surface area contributed by atoms with Crippen molar-refractivity contribution in [3.63, 3.8) is 0 Å². The minimum absolute atomic E-state index is 0. The molecule has 1 amide bonds. The maximum Gasteiger partial charge on any atom is 0.328 e. The fourth-order valence-corrected chi connectivity index (χ4v) is 0.489. The number of rotatable bonds is 4. The van der Waals surface area contributed by atoms with E-state index in [1.165, 1.54) is 6.92 Å². The van der Waals surface area contributed by atoms with Crippen molar-refractivity contribution in [3.05, 3.63) is 0 Å². The third-order valence-electron chi connectivity index (χ3n) is 1.21. The first kappa shape index (κ1) is 14.7. The summed E-state index contributed by atoms with van der Waals surface area (Å²) in [6.45, 7) is 0.777. The first-order valence-corrected chi connectivity index (χ1v) is 3.38. The number of hydrogen-bond donors (Lipinski definition) is 4. The predicted molar refractivity (Wildman–Crippen MR) is 47.5 cm³/mol. The van der Waals surface area contributed by atoms with Crippen molar-refractivity contribution in [2.24, 2.45) is 5.73 Å². The smallest absolute Gasteiger partial charge is 0.328 e. The molecule has 0 aliphatic rings. The van der Waals surface area contributed by atoms with Crippen LogP contribution >= 0.6 is 12.4 Å². The van der Waals surface area contributed by atoms with Crippen molar-refractivity contribution in [3.8, 4) is 0 Å². The summed E-state index contributed by atoms with van der Waals surface area (Å²) in [6, 6.07) is -2.05. The second-order valence-electron chi connectivity index (χ2n) is 2.37. The number of carbonyl (C=O) groups is 2. The second kappa shape index (κ2) is 6.64. The van der Waals surface area contributed by atoms with E-state index >= 15 is 0 Å². The highest BCUT2D eigenvalue weighted by atomic mass is 35.5. The molecule has 13 heavy (non-hydrogen) atoms. The number of hydrogen-bond acceptors (Lipinski definition) is 4. The summed E-state index contributed by atoms with van der Waals surface area (Å²) in [5, 5.41) is 18.9. The summed E-state index contributed by atoms with van der Waals surface area (Å²) in [6.07, 6.45) is 0. The van der Waals surface area contributed by atoms with Crippen LogP contribution in [0.2, 0.25) is 0 Å². The molecule has 0 aromatic carbocycles. The Morgan fingerprint density at radius 1 is 1.54 bits per heavy atom. The number of aliphatic carboxylic acids is 1. The van der Waals surface area contributed by atoms with E-state index in [2.05, 4.69) is 5.32 Å². The fourth-order valence-electron chi connectivity index (χ4n) is 0.489. The Kier molecular flexibility index (Phi) is 7.49. The van der Waals surface area contributed by atoms with Crippen molar-refractivity contribution in [2.75, 3.05) is 6.61 Å². The first-order chi connectivity index (χ1) is 5.49. The van der Waals surface area contributed by atoms with Crippen molar-refractivity contribution in [2.45, 2.75) is 19.0 Å². The molecular formula is C6H13ClN2O4. The SMILES string of the molecule is C[C@H](N)C(=O)N[C@@H](CO)C(=O)O.Cl. The Bertz CT molecular complexity index is 185. The number of nitrogens with one attached hydrogen (secondary N) is 1. The van der Waals surface area contributed by atoms with Gasteiger partial charge in [0.05, 0.1) is 12.6 Å². The quantitative estimate of drug-likeness (QED) is 0.445. The molecule has 78 valence electrons. The van der Waals surface area contributed by atoms with Crippen LogP contribution in [0.3, 0.4) is 0 Å². The van der Waals surface area contributed by atoms with Crippen molar-refractivity contribution in [1.29, 1.82) is 0 Å². The molecule has 0 fully saturated rings. The lowest BCUT2D eigenvalue weighted by Crippen LogP contribution is -2.48. The topological polar surface area (TPSA) is 113 Å². The Hall–Kier alpha value is -0.850. The number of carbonyl (C=O) groups excluding carboxylic acids is 1. The zero-order valence-electron chi connectivity index (χ0n) is 7.06. The summed E-state index contributed by atoms with van der Waals surface area (Å²) < 4.78 is 0. The maximum atomic E-state index is 10.8. The van der Waals surface area contributed by atoms with Crippen molar-refractivity contribution >= 4 is 24.3 Å². The fraction of sp³-hybridized carbons (Fsp3) is 0.667. The van der Waals surface area contributed by atoms with Crippen LogP contribution in [0.1, 0.15) is 6.92 Å². The molecule has 0 spiro atoms. The average molecular weight is 213 g/mol. The Labute approximate surface area is 81.5 Å². The van der Waals surface area contributed by atoms with Gasteiger partial charge in [-0.3, -0.25) is 4.79 Å². The van der Waals surface area contributed by atoms with Gasteiger partial charge in [-0.15, -0.1) is 12.4 Å². The standard InChI is InChI=1S/C6H12N2O4.ClH/c1-3(7)5(10)8-4(2-9)6(11)12;/h3-4,9H,2,7H2,1H3,(H,8,10)(H,11,12);1H/t3-,4-;/m0./s1. The summed E-state index contributed by atoms with van der Waals surface area (Å²) >= 11 is 0. The summed E-state index contributed by atoms with van der Waals surface area (Å²) in [5.74, 6) is -1.89. The number of carboxylic acid groups (broad SMARTS) is 1. The molecule has 7 heteroatoms. The third-order valence-corrected chi connectivity index (χ3v) is 1.21. The monoisotopic (exact) mass is 212 g/mol. The molecule has 0 unspecified atom stereocenters. The van der Waals surface area contributed by atoms with Gasteiger partial charge in [0.1, 0.15) is 6.04 Å². The molecule has 0 aromatic heterocycles. The molecule has 0 saturated heterocycles. The Morgan fingerprint density at radius 3 is 2.23 bits per heavy atom. The first-order valence-electron chi connectivity index (χ1n) is 3.38. The van der Waals surface area contributed by atoms with Gasteiger partial charge >= 0.3 is 5.97 Å². The van der Waals surface area contributed by atoms with E-state index in [-0.39, 0.29) is 12.4 Å². The van der Waals surface area contributed by atoms with E-state index in [0.717, 1.165) is 0 Å². The van der Waals surface area contributed by atoms with E-state index in [0.29, 0.717) is 0 Å². The zero-order chi connectivity index (χ0) is 9.72. The lowest BCUT2D eigenvalue weighted by atomic mass is 10.2. The Morgan fingerprint density at radius 2 is 2.00 bits per heavy atom. The minimum atomic E-state index is -1.29. The molecule has 0 aromatic rings. The number of carboxylic acids is 1. The largest absolute Gasteiger partial charge is 0.480 e. The van der Waals surface area contributed by atoms with E-state index in [1.807, 2.05) is 0 Å². The normalized spacial score (nSPS) is 13.8. The van der Waals surface area contributed by atoms with E-state index in [4.69, 9.17) is 15.9 Å². The number of amides is 1. The van der Waals surface area contributed by atoms with Gasteiger partial charge in [0, 0.05) is 0 Å². The molecule has 6 nitrogen and oxygen atoms in total. The number of nitrogens with two attached hydrogens (primary N) is 1. The van der Waals surface area contributed by atoms with Gasteiger partial charge < -0.3 is 21.3 Å². The maximum absolute atomic E-state index is 10.8. The van der Waals surface area contributed by atoms with Gasteiger partial charge in [-0.1, -0.05) is 0 Å². The number of halogens is 1. The second-order valence-corrected chi connectivity index (χ2v) is 2.37. The predicted octanol–water partition coefficient (Wildman–Crippen LogP) is -1.68. The van der Waals surface area contributed by atoms with Crippen molar-refractivity contribution < 1.29 is 19.8 Å². The highest BCUT2D eigenvalue weighted by Crippen LogP contribution is 1.84. The lowest BCUT2D eigenvalue weighted by Gasteiger charge is -2.12. The minimum Gasteiger partial charge on any atom is -0.480 e. The Balaban J connectivity index is 0.